The first-order valence-electron chi connectivity index (χ1n) is 7.67. The van der Waals surface area contributed by atoms with Gasteiger partial charge in [-0.15, -0.1) is 12.4 Å². The van der Waals surface area contributed by atoms with E-state index in [0.29, 0.717) is 0 Å². The number of hydrogen-bond donors (Lipinski definition) is 0. The van der Waals surface area contributed by atoms with E-state index >= 15 is 0 Å². The maximum Gasteiger partial charge on any atom is 0.254 e. The molecule has 0 bridgehead atoms. The lowest BCUT2D eigenvalue weighted by Crippen LogP contribution is -2.49. The number of aryl methyl sites for hydroxylation is 1. The normalized spacial score (nSPS) is 14.3. The van der Waals surface area contributed by atoms with E-state index in [9.17, 15) is 4.79 Å². The molecule has 4 nitrogen and oxygen atoms in total. The number of nitrogens with zero attached hydrogens (tertiary/aromatic N) is 3. The monoisotopic (exact) mass is 331 g/mol. The van der Waals surface area contributed by atoms with Crippen molar-refractivity contribution in [2.24, 2.45) is 0 Å². The summed E-state index contributed by atoms with van der Waals surface area (Å²) < 4.78 is 0. The van der Waals surface area contributed by atoms with Crippen molar-refractivity contribution < 1.29 is 4.79 Å². The van der Waals surface area contributed by atoms with Gasteiger partial charge in [0.25, 0.3) is 5.91 Å². The molecule has 0 spiro atoms. The molecule has 0 atom stereocenters. The van der Waals surface area contributed by atoms with Crippen LogP contribution >= 0.6 is 12.4 Å². The number of benzene rings is 1. The summed E-state index contributed by atoms with van der Waals surface area (Å²) in [4.78, 5) is 20.7. The van der Waals surface area contributed by atoms with E-state index in [-0.39, 0.29) is 18.3 Å². The third-order valence-corrected chi connectivity index (χ3v) is 4.41. The lowest BCUT2D eigenvalue weighted by Gasteiger charge is -2.37. The number of amides is 1. The van der Waals surface area contributed by atoms with E-state index in [4.69, 9.17) is 0 Å². The second-order valence-corrected chi connectivity index (χ2v) is 5.73. The Morgan fingerprint density at radius 1 is 1.00 bits per heavy atom. The summed E-state index contributed by atoms with van der Waals surface area (Å²) in [7, 11) is 0. The molecule has 122 valence electrons. The first-order chi connectivity index (χ1) is 10.7. The van der Waals surface area contributed by atoms with Crippen molar-refractivity contribution in [2.45, 2.75) is 13.8 Å². The van der Waals surface area contributed by atoms with Crippen LogP contribution in [0.2, 0.25) is 0 Å². The molecule has 23 heavy (non-hydrogen) atoms. The number of anilines is 1. The second-order valence-electron chi connectivity index (χ2n) is 5.73. The summed E-state index contributed by atoms with van der Waals surface area (Å²) in [5, 5.41) is 0. The quantitative estimate of drug-likeness (QED) is 0.848. The number of aromatic nitrogens is 1. The average Bonchev–Trinajstić information content (AvgIpc) is 2.58. The SMILES string of the molecule is Cc1cccc(N2CCN(C(=O)c3ccncc3)CC2)c1C.Cl. The molecule has 0 N–H and O–H groups in total. The third-order valence-electron chi connectivity index (χ3n) is 4.41. The fourth-order valence-corrected chi connectivity index (χ4v) is 2.91. The van der Waals surface area contributed by atoms with Crippen molar-refractivity contribution in [2.75, 3.05) is 31.1 Å². The highest BCUT2D eigenvalue weighted by Gasteiger charge is 2.23. The van der Waals surface area contributed by atoms with E-state index in [1.807, 2.05) is 4.90 Å². The van der Waals surface area contributed by atoms with Crippen LogP contribution in [0.4, 0.5) is 5.69 Å². The van der Waals surface area contributed by atoms with Crippen LogP contribution in [-0.2, 0) is 0 Å². The minimum absolute atomic E-state index is 0. The van der Waals surface area contributed by atoms with Crippen LogP contribution in [0.5, 0.6) is 0 Å². The van der Waals surface area contributed by atoms with Gasteiger partial charge in [0, 0.05) is 49.8 Å². The van der Waals surface area contributed by atoms with Crippen molar-refractivity contribution in [3.63, 3.8) is 0 Å². The van der Waals surface area contributed by atoms with Gasteiger partial charge >= 0.3 is 0 Å². The van der Waals surface area contributed by atoms with Crippen LogP contribution in [0.3, 0.4) is 0 Å². The van der Waals surface area contributed by atoms with Gasteiger partial charge in [0.2, 0.25) is 0 Å². The van der Waals surface area contributed by atoms with Crippen LogP contribution in [0.25, 0.3) is 0 Å². The Morgan fingerprint density at radius 2 is 1.65 bits per heavy atom. The van der Waals surface area contributed by atoms with Gasteiger partial charge in [0.1, 0.15) is 0 Å². The molecular formula is C18H22ClN3O. The third kappa shape index (κ3) is 3.64. The molecule has 2 aromatic rings. The fourth-order valence-electron chi connectivity index (χ4n) is 2.91. The van der Waals surface area contributed by atoms with E-state index in [1.165, 1.54) is 16.8 Å². The van der Waals surface area contributed by atoms with E-state index in [1.54, 1.807) is 24.5 Å². The Morgan fingerprint density at radius 3 is 2.30 bits per heavy atom. The minimum Gasteiger partial charge on any atom is -0.368 e. The Balaban J connectivity index is 0.00000192. The molecule has 1 aromatic heterocycles. The number of carbonyl (C=O) groups excluding carboxylic acids is 1. The van der Waals surface area contributed by atoms with E-state index in [0.717, 1.165) is 31.7 Å². The molecule has 1 aromatic carbocycles. The molecule has 1 saturated heterocycles. The number of halogens is 1. The van der Waals surface area contributed by atoms with Gasteiger partial charge in [-0.3, -0.25) is 9.78 Å². The first kappa shape index (κ1) is 17.3. The summed E-state index contributed by atoms with van der Waals surface area (Å²) in [6, 6.07) is 9.97. The molecule has 0 saturated carbocycles. The van der Waals surface area contributed by atoms with Crippen molar-refractivity contribution >= 4 is 24.0 Å². The van der Waals surface area contributed by atoms with Crippen LogP contribution in [0, 0.1) is 13.8 Å². The molecule has 0 unspecified atom stereocenters. The predicted octanol–water partition coefficient (Wildman–Crippen LogP) is 3.08. The molecular weight excluding hydrogens is 310 g/mol. The topological polar surface area (TPSA) is 36.4 Å². The highest BCUT2D eigenvalue weighted by atomic mass is 35.5. The number of rotatable bonds is 2. The molecule has 1 aliphatic heterocycles. The molecule has 5 heteroatoms. The van der Waals surface area contributed by atoms with Gasteiger partial charge in [-0.2, -0.15) is 0 Å². The predicted molar refractivity (Wildman–Crippen MR) is 95.5 cm³/mol. The zero-order chi connectivity index (χ0) is 15.5. The number of pyridine rings is 1. The molecule has 1 fully saturated rings. The molecule has 3 rings (SSSR count). The maximum absolute atomic E-state index is 12.4. The molecule has 0 radical (unpaired) electrons. The molecule has 1 aliphatic rings. The van der Waals surface area contributed by atoms with Gasteiger partial charge in [0.15, 0.2) is 0 Å². The zero-order valence-corrected chi connectivity index (χ0v) is 14.3. The molecule has 1 amide bonds. The van der Waals surface area contributed by atoms with E-state index < -0.39 is 0 Å². The second kappa shape index (κ2) is 7.47. The Labute approximate surface area is 143 Å². The summed E-state index contributed by atoms with van der Waals surface area (Å²) >= 11 is 0. The minimum atomic E-state index is 0. The average molecular weight is 332 g/mol. The zero-order valence-electron chi connectivity index (χ0n) is 13.5. The summed E-state index contributed by atoms with van der Waals surface area (Å²) in [6.07, 6.45) is 3.33. The molecule has 0 aliphatic carbocycles. The number of piperazine rings is 1. The lowest BCUT2D eigenvalue weighted by molar-refractivity contribution is 0.0746. The largest absolute Gasteiger partial charge is 0.368 e. The van der Waals surface area contributed by atoms with Crippen molar-refractivity contribution in [3.8, 4) is 0 Å². The lowest BCUT2D eigenvalue weighted by atomic mass is 10.1. The van der Waals surface area contributed by atoms with Crippen molar-refractivity contribution in [1.82, 2.24) is 9.88 Å². The smallest absolute Gasteiger partial charge is 0.254 e. The van der Waals surface area contributed by atoms with Gasteiger partial charge in [-0.05, 0) is 43.2 Å². The van der Waals surface area contributed by atoms with E-state index in [2.05, 4.69) is 41.9 Å². The van der Waals surface area contributed by atoms with Crippen LogP contribution in [0.1, 0.15) is 21.5 Å². The standard InChI is InChI=1S/C18H21N3O.ClH/c1-14-4-3-5-17(15(14)2)20-10-12-21(13-11-20)18(22)16-6-8-19-9-7-16;/h3-9H,10-13H2,1-2H3;1H. The summed E-state index contributed by atoms with van der Waals surface area (Å²) in [5.74, 6) is 0.100. The first-order valence-corrected chi connectivity index (χ1v) is 7.67. The van der Waals surface area contributed by atoms with Gasteiger partial charge in [-0.25, -0.2) is 0 Å². The van der Waals surface area contributed by atoms with Crippen LogP contribution < -0.4 is 4.90 Å². The Bertz CT molecular complexity index is 667. The summed E-state index contributed by atoms with van der Waals surface area (Å²) in [5.41, 5.74) is 4.65. The highest BCUT2D eigenvalue weighted by Crippen LogP contribution is 2.24. The van der Waals surface area contributed by atoms with Gasteiger partial charge in [0.05, 0.1) is 0 Å². The van der Waals surface area contributed by atoms with Crippen LogP contribution in [-0.4, -0.2) is 42.0 Å². The highest BCUT2D eigenvalue weighted by molar-refractivity contribution is 5.94. The number of hydrogen-bond acceptors (Lipinski definition) is 3. The van der Waals surface area contributed by atoms with Crippen LogP contribution in [0.15, 0.2) is 42.7 Å². The van der Waals surface area contributed by atoms with Crippen molar-refractivity contribution in [1.29, 1.82) is 0 Å². The Kier molecular flexibility index (Phi) is 5.61. The van der Waals surface area contributed by atoms with Gasteiger partial charge in [-0.1, -0.05) is 12.1 Å². The Hall–Kier alpha value is -2.07. The fraction of sp³-hybridized carbons (Fsp3) is 0.333. The molecule has 2 heterocycles. The van der Waals surface area contributed by atoms with Gasteiger partial charge < -0.3 is 9.80 Å². The number of carbonyl (C=O) groups is 1. The maximum atomic E-state index is 12.4. The summed E-state index contributed by atoms with van der Waals surface area (Å²) in [6.45, 7) is 7.58. The van der Waals surface area contributed by atoms with Crippen molar-refractivity contribution in [3.05, 3.63) is 59.4 Å².